The highest BCUT2D eigenvalue weighted by atomic mass is 35.5. The smallest absolute Gasteiger partial charge is 0.0961 e. The summed E-state index contributed by atoms with van der Waals surface area (Å²) in [6.07, 6.45) is 0. The maximum Gasteiger partial charge on any atom is 0.113 e. The van der Waals surface area contributed by atoms with Gasteiger partial charge in [-0.25, -0.2) is 0 Å². The Hall–Kier alpha value is -1.21. The van der Waals surface area contributed by atoms with Gasteiger partial charge in [0.2, 0.25) is 0 Å². The third-order valence-corrected chi connectivity index (χ3v) is 2.28. The highest BCUT2D eigenvalue weighted by molar-refractivity contribution is 6.32. The van der Waals surface area contributed by atoms with Gasteiger partial charge in [-0.2, -0.15) is 0 Å². The van der Waals surface area contributed by atoms with Crippen molar-refractivity contribution in [3.05, 3.63) is 53.6 Å². The van der Waals surface area contributed by atoms with Gasteiger partial charge in [-0.1, -0.05) is 53.5 Å². The first-order valence-electron chi connectivity index (χ1n) is 4.37. The summed E-state index contributed by atoms with van der Waals surface area (Å²) in [4.78, 5) is 0. The summed E-state index contributed by atoms with van der Waals surface area (Å²) in [6, 6.07) is 15.5. The van der Waals surface area contributed by atoms with Crippen LogP contribution in [0.5, 0.6) is 0 Å². The van der Waals surface area contributed by atoms with Crippen LogP contribution in [0.2, 0.25) is 5.02 Å². The zero-order valence-corrected chi connectivity index (χ0v) is 8.33. The van der Waals surface area contributed by atoms with Crippen LogP contribution >= 0.6 is 11.6 Å². The molecule has 14 heavy (non-hydrogen) atoms. The first-order chi connectivity index (χ1) is 6.75. The van der Waals surface area contributed by atoms with E-state index >= 15 is 0 Å². The lowest BCUT2D eigenvalue weighted by molar-refractivity contribution is 1.64. The number of hydrogen-bond acceptors (Lipinski definition) is 0. The van der Waals surface area contributed by atoms with Crippen LogP contribution in [0.4, 0.5) is 0 Å². The standard InChI is InChI=1S/C12H8BCl/c13-11-5-1-3-9(7-11)10-4-2-6-12(14)8-10/h1-8H. The Balaban J connectivity index is 2.49. The van der Waals surface area contributed by atoms with Gasteiger partial charge in [0.15, 0.2) is 0 Å². The molecule has 0 bridgehead atoms. The second-order valence-electron chi connectivity index (χ2n) is 3.14. The van der Waals surface area contributed by atoms with E-state index in [2.05, 4.69) is 0 Å². The van der Waals surface area contributed by atoms with Gasteiger partial charge in [0.1, 0.15) is 7.85 Å². The van der Waals surface area contributed by atoms with Gasteiger partial charge in [-0.05, 0) is 23.3 Å². The van der Waals surface area contributed by atoms with E-state index in [1.54, 1.807) is 0 Å². The van der Waals surface area contributed by atoms with Gasteiger partial charge >= 0.3 is 0 Å². The predicted octanol–water partition coefficient (Wildman–Crippen LogP) is 2.80. The van der Waals surface area contributed by atoms with Crippen molar-refractivity contribution in [1.29, 1.82) is 0 Å². The summed E-state index contributed by atoms with van der Waals surface area (Å²) in [5, 5.41) is 0.741. The minimum atomic E-state index is 0.741. The van der Waals surface area contributed by atoms with E-state index in [0.29, 0.717) is 0 Å². The predicted molar refractivity (Wildman–Crippen MR) is 62.3 cm³/mol. The number of rotatable bonds is 1. The molecule has 0 amide bonds. The monoisotopic (exact) mass is 198 g/mol. The molecule has 0 heterocycles. The molecule has 0 aliphatic heterocycles. The third kappa shape index (κ3) is 1.99. The molecule has 0 aliphatic rings. The summed E-state index contributed by atoms with van der Waals surface area (Å²) in [5.74, 6) is 0. The molecular weight excluding hydrogens is 190 g/mol. The molecule has 66 valence electrons. The molecule has 0 saturated heterocycles. The molecule has 2 heteroatoms. The Kier molecular flexibility index (Phi) is 2.60. The van der Waals surface area contributed by atoms with Crippen molar-refractivity contribution in [3.63, 3.8) is 0 Å². The van der Waals surface area contributed by atoms with Crippen LogP contribution in [-0.4, -0.2) is 7.85 Å². The first-order valence-corrected chi connectivity index (χ1v) is 4.75. The number of hydrogen-bond donors (Lipinski definition) is 0. The quantitative estimate of drug-likeness (QED) is 0.618. The van der Waals surface area contributed by atoms with Gasteiger partial charge in [-0.3, -0.25) is 0 Å². The maximum atomic E-state index is 5.90. The SMILES string of the molecule is [B]c1cccc(-c2cccc(Cl)c2)c1. The summed E-state index contributed by atoms with van der Waals surface area (Å²) in [5.41, 5.74) is 2.94. The summed E-state index contributed by atoms with van der Waals surface area (Å²) in [6.45, 7) is 0. The molecule has 0 fully saturated rings. The number of benzene rings is 2. The van der Waals surface area contributed by atoms with Crippen LogP contribution in [0.3, 0.4) is 0 Å². The van der Waals surface area contributed by atoms with Gasteiger partial charge < -0.3 is 0 Å². The fourth-order valence-corrected chi connectivity index (χ4v) is 1.58. The lowest BCUT2D eigenvalue weighted by Crippen LogP contribution is -2.00. The van der Waals surface area contributed by atoms with E-state index in [9.17, 15) is 0 Å². The largest absolute Gasteiger partial charge is 0.113 e. The molecular formula is C12H8BCl. The van der Waals surface area contributed by atoms with E-state index in [1.165, 1.54) is 0 Å². The van der Waals surface area contributed by atoms with Gasteiger partial charge in [0.25, 0.3) is 0 Å². The molecule has 2 aromatic rings. The second kappa shape index (κ2) is 3.89. The van der Waals surface area contributed by atoms with Crippen LogP contribution in [0.15, 0.2) is 48.5 Å². The lowest BCUT2D eigenvalue weighted by Gasteiger charge is -2.03. The highest BCUT2D eigenvalue weighted by Crippen LogP contribution is 2.21. The van der Waals surface area contributed by atoms with Gasteiger partial charge in [-0.15, -0.1) is 0 Å². The van der Waals surface area contributed by atoms with Crippen molar-refractivity contribution in [2.75, 3.05) is 0 Å². The second-order valence-corrected chi connectivity index (χ2v) is 3.57. The van der Waals surface area contributed by atoms with E-state index < -0.39 is 0 Å². The topological polar surface area (TPSA) is 0 Å². The van der Waals surface area contributed by atoms with E-state index in [-0.39, 0.29) is 0 Å². The Labute approximate surface area is 89.9 Å². The van der Waals surface area contributed by atoms with Crippen molar-refractivity contribution in [1.82, 2.24) is 0 Å². The van der Waals surface area contributed by atoms with Crippen LogP contribution < -0.4 is 5.46 Å². The van der Waals surface area contributed by atoms with E-state index in [1.807, 2.05) is 48.5 Å². The van der Waals surface area contributed by atoms with Crippen LogP contribution in [0.25, 0.3) is 11.1 Å². The lowest BCUT2D eigenvalue weighted by atomic mass is 9.92. The molecule has 0 nitrogen and oxygen atoms in total. The number of halogens is 1. The fourth-order valence-electron chi connectivity index (χ4n) is 1.39. The normalized spacial score (nSPS) is 10.1. The Morgan fingerprint density at radius 3 is 2.14 bits per heavy atom. The average Bonchev–Trinajstić information content (AvgIpc) is 2.18. The summed E-state index contributed by atoms with van der Waals surface area (Å²) < 4.78 is 0. The van der Waals surface area contributed by atoms with Crippen molar-refractivity contribution in [2.24, 2.45) is 0 Å². The fraction of sp³-hybridized carbons (Fsp3) is 0. The molecule has 2 rings (SSSR count). The molecule has 0 saturated carbocycles. The summed E-state index contributed by atoms with van der Waals surface area (Å²) in [7, 11) is 5.70. The van der Waals surface area contributed by atoms with Crippen molar-refractivity contribution < 1.29 is 0 Å². The van der Waals surface area contributed by atoms with Crippen molar-refractivity contribution >= 4 is 24.9 Å². The van der Waals surface area contributed by atoms with Crippen LogP contribution in [-0.2, 0) is 0 Å². The summed E-state index contributed by atoms with van der Waals surface area (Å²) >= 11 is 5.90. The molecule has 0 aliphatic carbocycles. The molecule has 2 radical (unpaired) electrons. The molecule has 0 unspecified atom stereocenters. The van der Waals surface area contributed by atoms with Gasteiger partial charge in [0.05, 0.1) is 0 Å². The maximum absolute atomic E-state index is 5.90. The highest BCUT2D eigenvalue weighted by Gasteiger charge is 1.97. The van der Waals surface area contributed by atoms with E-state index in [4.69, 9.17) is 19.4 Å². The molecule has 0 aromatic heterocycles. The minimum Gasteiger partial charge on any atom is -0.0961 e. The molecule has 0 spiro atoms. The molecule has 0 N–H and O–H groups in total. The average molecular weight is 198 g/mol. The Morgan fingerprint density at radius 2 is 1.50 bits per heavy atom. The first kappa shape index (κ1) is 9.35. The minimum absolute atomic E-state index is 0.741. The Bertz CT molecular complexity index is 408. The third-order valence-electron chi connectivity index (χ3n) is 2.04. The van der Waals surface area contributed by atoms with Crippen LogP contribution in [0, 0.1) is 0 Å². The van der Waals surface area contributed by atoms with Gasteiger partial charge in [0, 0.05) is 5.02 Å². The van der Waals surface area contributed by atoms with Crippen molar-refractivity contribution in [3.8, 4) is 11.1 Å². The molecule has 2 aromatic carbocycles. The van der Waals surface area contributed by atoms with E-state index in [0.717, 1.165) is 21.6 Å². The Morgan fingerprint density at radius 1 is 0.857 bits per heavy atom. The zero-order valence-electron chi connectivity index (χ0n) is 7.57. The van der Waals surface area contributed by atoms with Crippen molar-refractivity contribution in [2.45, 2.75) is 0 Å². The zero-order chi connectivity index (χ0) is 9.97. The van der Waals surface area contributed by atoms with Crippen LogP contribution in [0.1, 0.15) is 0 Å². The molecule has 0 atom stereocenters.